The van der Waals surface area contributed by atoms with E-state index < -0.39 is 0 Å². The van der Waals surface area contributed by atoms with Gasteiger partial charge in [0.1, 0.15) is 5.82 Å². The van der Waals surface area contributed by atoms with Crippen molar-refractivity contribution in [2.45, 2.75) is 32.7 Å². The predicted molar refractivity (Wildman–Crippen MR) is 110 cm³/mol. The normalized spacial score (nSPS) is 14.9. The summed E-state index contributed by atoms with van der Waals surface area (Å²) in [4.78, 5) is 11.1. The van der Waals surface area contributed by atoms with Crippen LogP contribution in [0.25, 0.3) is 0 Å². The third-order valence-electron chi connectivity index (χ3n) is 3.92. The highest BCUT2D eigenvalue weighted by atomic mass is 127. The van der Waals surface area contributed by atoms with Gasteiger partial charge < -0.3 is 20.3 Å². The topological polar surface area (TPSA) is 61.8 Å². The predicted octanol–water partition coefficient (Wildman–Crippen LogP) is 2.39. The molecule has 136 valence electrons. The molecule has 1 aliphatic rings. The largest absolute Gasteiger partial charge is 0.380 e. The molecule has 1 saturated heterocycles. The number of hydrogen-bond donors (Lipinski definition) is 2. The minimum absolute atomic E-state index is 0. The van der Waals surface area contributed by atoms with Crippen LogP contribution in [-0.2, 0) is 11.3 Å². The first-order valence-electron chi connectivity index (χ1n) is 8.55. The van der Waals surface area contributed by atoms with Gasteiger partial charge in [0.25, 0.3) is 0 Å². The summed E-state index contributed by atoms with van der Waals surface area (Å²) in [6, 6.07) is 4.22. The fourth-order valence-corrected chi connectivity index (χ4v) is 2.66. The molecular weight excluding hydrogens is 417 g/mol. The van der Waals surface area contributed by atoms with E-state index in [0.717, 1.165) is 44.6 Å². The lowest BCUT2D eigenvalue weighted by Crippen LogP contribution is -2.38. The van der Waals surface area contributed by atoms with Crippen molar-refractivity contribution >= 4 is 35.8 Å². The first kappa shape index (κ1) is 21.0. The van der Waals surface area contributed by atoms with Gasteiger partial charge in [-0.2, -0.15) is 0 Å². The molecule has 0 bridgehead atoms. The highest BCUT2D eigenvalue weighted by Crippen LogP contribution is 2.18. The van der Waals surface area contributed by atoms with Crippen LogP contribution in [0.4, 0.5) is 5.82 Å². The summed E-state index contributed by atoms with van der Waals surface area (Å²) in [5.74, 6) is 1.88. The minimum atomic E-state index is 0. The van der Waals surface area contributed by atoms with Crippen molar-refractivity contribution in [1.29, 1.82) is 0 Å². The summed E-state index contributed by atoms with van der Waals surface area (Å²) >= 11 is 0. The van der Waals surface area contributed by atoms with Crippen LogP contribution in [0.1, 0.15) is 31.7 Å². The first-order valence-corrected chi connectivity index (χ1v) is 8.55. The second kappa shape index (κ2) is 12.3. The molecule has 7 heteroatoms. The van der Waals surface area contributed by atoms with Crippen molar-refractivity contribution in [1.82, 2.24) is 15.6 Å². The molecule has 0 atom stereocenters. The second-order valence-electron chi connectivity index (χ2n) is 5.62. The molecule has 0 radical (unpaired) electrons. The summed E-state index contributed by atoms with van der Waals surface area (Å²) in [6.07, 6.45) is 5.76. The average Bonchev–Trinajstić information content (AvgIpc) is 2.62. The molecule has 1 aromatic heterocycles. The van der Waals surface area contributed by atoms with E-state index in [1.54, 1.807) is 7.05 Å². The number of rotatable bonds is 7. The molecule has 2 N–H and O–H groups in total. The zero-order valence-corrected chi connectivity index (χ0v) is 17.1. The van der Waals surface area contributed by atoms with Crippen LogP contribution in [0.2, 0.25) is 0 Å². The van der Waals surface area contributed by atoms with Crippen LogP contribution >= 0.6 is 24.0 Å². The molecule has 0 spiro atoms. The molecule has 1 fully saturated rings. The number of nitrogens with one attached hydrogen (secondary N) is 2. The quantitative estimate of drug-likeness (QED) is 0.291. The standard InChI is InChI=1S/C17H29N5O.HI/c1-3-23-12-9-20-17(18-2)21-14-15-7-8-19-16(13-15)22-10-5-4-6-11-22;/h7-8,13H,3-6,9-12,14H2,1-2H3,(H2,18,20,21);1H. The Bertz CT molecular complexity index is 492. The summed E-state index contributed by atoms with van der Waals surface area (Å²) in [5.41, 5.74) is 1.22. The number of aromatic nitrogens is 1. The molecule has 6 nitrogen and oxygen atoms in total. The summed E-state index contributed by atoms with van der Waals surface area (Å²) < 4.78 is 5.32. The number of anilines is 1. The Morgan fingerprint density at radius 1 is 1.29 bits per heavy atom. The monoisotopic (exact) mass is 447 g/mol. The Balaban J connectivity index is 0.00000288. The number of piperidine rings is 1. The smallest absolute Gasteiger partial charge is 0.191 e. The Kier molecular flexibility index (Phi) is 10.7. The van der Waals surface area contributed by atoms with Crippen LogP contribution < -0.4 is 15.5 Å². The Morgan fingerprint density at radius 3 is 2.79 bits per heavy atom. The number of nitrogens with zero attached hydrogens (tertiary/aromatic N) is 3. The van der Waals surface area contributed by atoms with Crippen molar-refractivity contribution in [3.63, 3.8) is 0 Å². The van der Waals surface area contributed by atoms with Crippen LogP contribution in [-0.4, -0.2) is 50.8 Å². The van der Waals surface area contributed by atoms with Crippen LogP contribution in [0.3, 0.4) is 0 Å². The molecule has 2 rings (SSSR count). The number of aliphatic imine (C=N–C) groups is 1. The number of halogens is 1. The zero-order valence-electron chi connectivity index (χ0n) is 14.8. The first-order chi connectivity index (χ1) is 11.3. The lowest BCUT2D eigenvalue weighted by Gasteiger charge is -2.28. The van der Waals surface area contributed by atoms with E-state index in [0.29, 0.717) is 6.61 Å². The zero-order chi connectivity index (χ0) is 16.3. The molecule has 1 aliphatic heterocycles. The molecule has 0 aromatic carbocycles. The minimum Gasteiger partial charge on any atom is -0.380 e. The maximum absolute atomic E-state index is 5.32. The van der Waals surface area contributed by atoms with E-state index in [4.69, 9.17) is 4.74 Å². The van der Waals surface area contributed by atoms with Gasteiger partial charge in [0, 0.05) is 46.0 Å². The van der Waals surface area contributed by atoms with Crippen molar-refractivity contribution in [2.24, 2.45) is 4.99 Å². The third kappa shape index (κ3) is 7.21. The van der Waals surface area contributed by atoms with Crippen LogP contribution in [0.15, 0.2) is 23.3 Å². The maximum Gasteiger partial charge on any atom is 0.191 e. The molecule has 1 aromatic rings. The van der Waals surface area contributed by atoms with E-state index in [1.807, 2.05) is 19.2 Å². The molecule has 0 amide bonds. The SMILES string of the molecule is CCOCCNC(=NC)NCc1ccnc(N2CCCCC2)c1.I. The fraction of sp³-hybridized carbons (Fsp3) is 0.647. The van der Waals surface area contributed by atoms with Gasteiger partial charge in [-0.1, -0.05) is 0 Å². The van der Waals surface area contributed by atoms with Gasteiger partial charge in [0.2, 0.25) is 0 Å². The summed E-state index contributed by atoms with van der Waals surface area (Å²) in [6.45, 7) is 7.14. The number of guanidine groups is 1. The van der Waals surface area contributed by atoms with E-state index in [1.165, 1.54) is 24.8 Å². The van der Waals surface area contributed by atoms with Crippen LogP contribution in [0, 0.1) is 0 Å². The summed E-state index contributed by atoms with van der Waals surface area (Å²) in [7, 11) is 1.78. The maximum atomic E-state index is 5.32. The van der Waals surface area contributed by atoms with Gasteiger partial charge in [-0.15, -0.1) is 24.0 Å². The number of ether oxygens (including phenoxy) is 1. The lowest BCUT2D eigenvalue weighted by molar-refractivity contribution is 0.152. The molecule has 0 unspecified atom stereocenters. The highest BCUT2D eigenvalue weighted by Gasteiger charge is 2.12. The molecular formula is C17H30IN5O. The average molecular weight is 447 g/mol. The van der Waals surface area contributed by atoms with Gasteiger partial charge in [-0.25, -0.2) is 4.98 Å². The lowest BCUT2D eigenvalue weighted by atomic mass is 10.1. The van der Waals surface area contributed by atoms with E-state index >= 15 is 0 Å². The molecule has 24 heavy (non-hydrogen) atoms. The van der Waals surface area contributed by atoms with Crippen molar-refractivity contribution in [2.75, 3.05) is 44.8 Å². The van der Waals surface area contributed by atoms with Gasteiger partial charge in [0.15, 0.2) is 5.96 Å². The van der Waals surface area contributed by atoms with Crippen molar-refractivity contribution < 1.29 is 4.74 Å². The van der Waals surface area contributed by atoms with Gasteiger partial charge in [-0.3, -0.25) is 4.99 Å². The molecule has 2 heterocycles. The van der Waals surface area contributed by atoms with Gasteiger partial charge in [0.05, 0.1) is 6.61 Å². The molecule has 0 saturated carbocycles. The van der Waals surface area contributed by atoms with Gasteiger partial charge in [-0.05, 0) is 43.9 Å². The Hall–Kier alpha value is -1.09. The third-order valence-corrected chi connectivity index (χ3v) is 3.92. The summed E-state index contributed by atoms with van der Waals surface area (Å²) in [5, 5.41) is 6.57. The molecule has 0 aliphatic carbocycles. The second-order valence-corrected chi connectivity index (χ2v) is 5.62. The Labute approximate surface area is 162 Å². The van der Waals surface area contributed by atoms with Gasteiger partial charge >= 0.3 is 0 Å². The van der Waals surface area contributed by atoms with E-state index in [9.17, 15) is 0 Å². The van der Waals surface area contributed by atoms with Crippen LogP contribution in [0.5, 0.6) is 0 Å². The highest BCUT2D eigenvalue weighted by molar-refractivity contribution is 14.0. The fourth-order valence-electron chi connectivity index (χ4n) is 2.66. The van der Waals surface area contributed by atoms with E-state index in [-0.39, 0.29) is 24.0 Å². The number of hydrogen-bond acceptors (Lipinski definition) is 4. The van der Waals surface area contributed by atoms with Crippen molar-refractivity contribution in [3.05, 3.63) is 23.9 Å². The van der Waals surface area contributed by atoms with E-state index in [2.05, 4.69) is 31.6 Å². The Morgan fingerprint density at radius 2 is 2.08 bits per heavy atom. The number of pyridine rings is 1. The van der Waals surface area contributed by atoms with Crippen molar-refractivity contribution in [3.8, 4) is 0 Å².